The summed E-state index contributed by atoms with van der Waals surface area (Å²) in [6.07, 6.45) is -3.80. The summed E-state index contributed by atoms with van der Waals surface area (Å²) in [7, 11) is 1.15. The number of carbonyl (C=O) groups excluding carboxylic acids is 2. The number of alkyl halides is 3. The van der Waals surface area contributed by atoms with Crippen molar-refractivity contribution in [3.8, 4) is 0 Å². The summed E-state index contributed by atoms with van der Waals surface area (Å²) in [4.78, 5) is 23.0. The molecular weight excluding hydrogens is 251 g/mol. The van der Waals surface area contributed by atoms with Gasteiger partial charge in [-0.15, -0.1) is 0 Å². The highest BCUT2D eigenvalue weighted by Crippen LogP contribution is 2.20. The largest absolute Gasteiger partial charge is 0.471 e. The number of rotatable bonds is 6. The second kappa shape index (κ2) is 7.23. The third-order valence-corrected chi connectivity index (χ3v) is 2.41. The van der Waals surface area contributed by atoms with Crippen molar-refractivity contribution in [3.63, 3.8) is 0 Å². The average molecular weight is 269 g/mol. The maximum Gasteiger partial charge on any atom is 0.471 e. The van der Waals surface area contributed by atoms with Crippen LogP contribution in [0, 0.1) is 5.92 Å². The van der Waals surface area contributed by atoms with Crippen LogP contribution in [-0.4, -0.2) is 43.2 Å². The van der Waals surface area contributed by atoms with Gasteiger partial charge in [0.15, 0.2) is 0 Å². The second-order valence-electron chi connectivity index (χ2n) is 4.03. The van der Waals surface area contributed by atoms with E-state index in [-0.39, 0.29) is 13.1 Å². The van der Waals surface area contributed by atoms with Gasteiger partial charge in [0.1, 0.15) is 0 Å². The van der Waals surface area contributed by atoms with E-state index < -0.39 is 24.0 Å². The number of hydrogen-bond donors (Lipinski definition) is 0. The zero-order valence-electron chi connectivity index (χ0n) is 10.7. The lowest BCUT2D eigenvalue weighted by atomic mass is 10.1. The van der Waals surface area contributed by atoms with Gasteiger partial charge < -0.3 is 9.64 Å². The van der Waals surface area contributed by atoms with Crippen molar-refractivity contribution < 1.29 is 27.5 Å². The van der Waals surface area contributed by atoms with E-state index >= 15 is 0 Å². The predicted molar refractivity (Wildman–Crippen MR) is 58.7 cm³/mol. The molecule has 0 aromatic rings. The summed E-state index contributed by atoms with van der Waals surface area (Å²) in [6, 6.07) is 0. The zero-order chi connectivity index (χ0) is 14.3. The zero-order valence-corrected chi connectivity index (χ0v) is 10.7. The van der Waals surface area contributed by atoms with E-state index in [1.165, 1.54) is 6.92 Å². The Kier molecular flexibility index (Phi) is 6.72. The molecule has 1 unspecified atom stereocenters. The van der Waals surface area contributed by atoms with E-state index in [1.54, 1.807) is 6.92 Å². The number of carbonyl (C=O) groups is 2. The average Bonchev–Trinajstić information content (AvgIpc) is 2.30. The number of methoxy groups -OCH3 is 1. The van der Waals surface area contributed by atoms with Crippen LogP contribution in [-0.2, 0) is 14.3 Å². The fraction of sp³-hybridized carbons (Fsp3) is 0.818. The topological polar surface area (TPSA) is 46.6 Å². The third kappa shape index (κ3) is 5.37. The molecule has 4 nitrogen and oxygen atoms in total. The number of unbranched alkanes of at least 4 members (excludes halogenated alkanes) is 1. The normalized spacial score (nSPS) is 13.0. The van der Waals surface area contributed by atoms with Crippen molar-refractivity contribution in [2.24, 2.45) is 5.92 Å². The smallest absolute Gasteiger partial charge is 0.469 e. The Morgan fingerprint density at radius 3 is 2.28 bits per heavy atom. The first-order chi connectivity index (χ1) is 8.23. The van der Waals surface area contributed by atoms with E-state index in [0.717, 1.165) is 7.11 Å². The quantitative estimate of drug-likeness (QED) is 0.693. The highest BCUT2D eigenvalue weighted by Gasteiger charge is 2.42. The first kappa shape index (κ1) is 16.7. The standard InChI is InChI=1S/C11H18F3NO3/c1-4-5-6-15(10(17)11(12,13)14)7-8(2)9(16)18-3/h8H,4-7H2,1-3H3. The van der Waals surface area contributed by atoms with Crippen LogP contribution in [0.4, 0.5) is 13.2 Å². The molecule has 0 aliphatic rings. The molecule has 0 saturated heterocycles. The van der Waals surface area contributed by atoms with E-state index in [1.807, 2.05) is 0 Å². The van der Waals surface area contributed by atoms with Gasteiger partial charge in [-0.3, -0.25) is 9.59 Å². The molecular formula is C11H18F3NO3. The first-order valence-electron chi connectivity index (χ1n) is 5.68. The minimum Gasteiger partial charge on any atom is -0.469 e. The number of halogens is 3. The summed E-state index contributed by atoms with van der Waals surface area (Å²) < 4.78 is 41.5. The van der Waals surface area contributed by atoms with Crippen LogP contribution in [0.2, 0.25) is 0 Å². The van der Waals surface area contributed by atoms with Crippen LogP contribution in [0.1, 0.15) is 26.7 Å². The lowest BCUT2D eigenvalue weighted by Gasteiger charge is -2.25. The van der Waals surface area contributed by atoms with Gasteiger partial charge >= 0.3 is 18.1 Å². The lowest BCUT2D eigenvalue weighted by Crippen LogP contribution is -2.44. The van der Waals surface area contributed by atoms with Crippen LogP contribution in [0.3, 0.4) is 0 Å². The van der Waals surface area contributed by atoms with Crippen LogP contribution >= 0.6 is 0 Å². The molecule has 106 valence electrons. The van der Waals surface area contributed by atoms with Gasteiger partial charge in [0.2, 0.25) is 0 Å². The summed E-state index contributed by atoms with van der Waals surface area (Å²) >= 11 is 0. The van der Waals surface area contributed by atoms with Gasteiger partial charge in [0.05, 0.1) is 13.0 Å². The maximum absolute atomic E-state index is 12.4. The molecule has 1 amide bonds. The monoisotopic (exact) mass is 269 g/mol. The van der Waals surface area contributed by atoms with Gasteiger partial charge in [-0.2, -0.15) is 13.2 Å². The van der Waals surface area contributed by atoms with Crippen LogP contribution in [0.25, 0.3) is 0 Å². The van der Waals surface area contributed by atoms with Gasteiger partial charge in [0, 0.05) is 13.1 Å². The maximum atomic E-state index is 12.4. The van der Waals surface area contributed by atoms with Crippen molar-refractivity contribution in [1.82, 2.24) is 4.90 Å². The first-order valence-corrected chi connectivity index (χ1v) is 5.68. The molecule has 1 atom stereocenters. The Hall–Kier alpha value is -1.27. The van der Waals surface area contributed by atoms with E-state index in [0.29, 0.717) is 17.7 Å². The van der Waals surface area contributed by atoms with Gasteiger partial charge in [-0.05, 0) is 6.42 Å². The number of esters is 1. The van der Waals surface area contributed by atoms with E-state index in [2.05, 4.69) is 4.74 Å². The van der Waals surface area contributed by atoms with Crippen molar-refractivity contribution in [2.45, 2.75) is 32.9 Å². The Morgan fingerprint density at radius 2 is 1.89 bits per heavy atom. The fourth-order valence-electron chi connectivity index (χ4n) is 1.41. The molecule has 0 aliphatic heterocycles. The molecule has 0 N–H and O–H groups in total. The predicted octanol–water partition coefficient (Wildman–Crippen LogP) is 1.99. The SMILES string of the molecule is CCCCN(CC(C)C(=O)OC)C(=O)C(F)(F)F. The van der Waals surface area contributed by atoms with Crippen molar-refractivity contribution in [1.29, 1.82) is 0 Å². The molecule has 0 bridgehead atoms. The number of amides is 1. The van der Waals surface area contributed by atoms with Crippen LogP contribution < -0.4 is 0 Å². The highest BCUT2D eigenvalue weighted by atomic mass is 19.4. The van der Waals surface area contributed by atoms with E-state index in [4.69, 9.17) is 0 Å². The number of ether oxygens (including phenoxy) is 1. The molecule has 18 heavy (non-hydrogen) atoms. The Bertz CT molecular complexity index is 292. The molecule has 7 heteroatoms. The molecule has 0 aliphatic carbocycles. The summed E-state index contributed by atoms with van der Waals surface area (Å²) in [5.41, 5.74) is 0. The molecule has 0 heterocycles. The van der Waals surface area contributed by atoms with Crippen LogP contribution in [0.5, 0.6) is 0 Å². The van der Waals surface area contributed by atoms with Gasteiger partial charge in [0.25, 0.3) is 0 Å². The number of nitrogens with zero attached hydrogens (tertiary/aromatic N) is 1. The highest BCUT2D eigenvalue weighted by molar-refractivity contribution is 5.82. The van der Waals surface area contributed by atoms with Crippen LogP contribution in [0.15, 0.2) is 0 Å². The Labute approximate surface area is 104 Å². The second-order valence-corrected chi connectivity index (χ2v) is 4.03. The molecule has 0 spiro atoms. The third-order valence-electron chi connectivity index (χ3n) is 2.41. The van der Waals surface area contributed by atoms with Crippen molar-refractivity contribution in [2.75, 3.05) is 20.2 Å². The minimum atomic E-state index is -4.91. The van der Waals surface area contributed by atoms with E-state index in [9.17, 15) is 22.8 Å². The van der Waals surface area contributed by atoms with Gasteiger partial charge in [-0.25, -0.2) is 0 Å². The lowest BCUT2D eigenvalue weighted by molar-refractivity contribution is -0.186. The number of hydrogen-bond acceptors (Lipinski definition) is 3. The van der Waals surface area contributed by atoms with Crippen molar-refractivity contribution >= 4 is 11.9 Å². The molecule has 0 saturated carbocycles. The minimum absolute atomic E-state index is 0.0177. The summed E-state index contributed by atoms with van der Waals surface area (Å²) in [6.45, 7) is 2.93. The Balaban J connectivity index is 4.68. The molecule has 0 aromatic carbocycles. The Morgan fingerprint density at radius 1 is 1.33 bits per heavy atom. The van der Waals surface area contributed by atoms with Gasteiger partial charge in [-0.1, -0.05) is 20.3 Å². The molecule has 0 rings (SSSR count). The fourth-order valence-corrected chi connectivity index (χ4v) is 1.41. The molecule has 0 aromatic heterocycles. The summed E-state index contributed by atoms with van der Waals surface area (Å²) in [5, 5.41) is 0. The van der Waals surface area contributed by atoms with Crippen molar-refractivity contribution in [3.05, 3.63) is 0 Å². The summed E-state index contributed by atoms with van der Waals surface area (Å²) in [5.74, 6) is -3.32. The molecule has 0 fully saturated rings. The molecule has 0 radical (unpaired) electrons.